The lowest BCUT2D eigenvalue weighted by molar-refractivity contribution is -0.118. The molecule has 4 heteroatoms. The first-order chi connectivity index (χ1) is 9.33. The molecule has 1 aliphatic heterocycles. The largest absolute Gasteiger partial charge is 0.362 e. The van der Waals surface area contributed by atoms with E-state index in [-0.39, 0.29) is 11.2 Å². The topological polar surface area (TPSA) is 41.5 Å². The molecule has 0 saturated heterocycles. The van der Waals surface area contributed by atoms with E-state index in [1.807, 2.05) is 0 Å². The second kappa shape index (κ2) is 6.29. The zero-order valence-electron chi connectivity index (χ0n) is 11.6. The maximum Gasteiger partial charge on any atom is 0.261 e. The number of nitrogens with one attached hydrogen (secondary N) is 1. The van der Waals surface area contributed by atoms with Gasteiger partial charge in [0.25, 0.3) is 5.91 Å². The monoisotopic (exact) mass is 280 g/mol. The molecule has 19 heavy (non-hydrogen) atoms. The minimum absolute atomic E-state index is 0.117. The summed E-state index contributed by atoms with van der Waals surface area (Å²) in [7, 11) is 0. The quantitative estimate of drug-likeness (QED) is 0.842. The minimum atomic E-state index is 0.117. The van der Waals surface area contributed by atoms with Gasteiger partial charge in [-0.2, -0.15) is 4.99 Å². The summed E-state index contributed by atoms with van der Waals surface area (Å²) in [4.78, 5) is 16.3. The normalized spacial score (nSPS) is 30.4. The number of thioether (sulfide) groups is 1. The van der Waals surface area contributed by atoms with Crippen LogP contribution in [0.25, 0.3) is 0 Å². The molecule has 3 aliphatic rings. The van der Waals surface area contributed by atoms with Crippen LogP contribution in [0.3, 0.4) is 0 Å². The van der Waals surface area contributed by atoms with Crippen LogP contribution in [0.5, 0.6) is 0 Å². The maximum atomic E-state index is 12.1. The highest BCUT2D eigenvalue weighted by Crippen LogP contribution is 2.36. The summed E-state index contributed by atoms with van der Waals surface area (Å²) >= 11 is 1.71. The fourth-order valence-corrected chi connectivity index (χ4v) is 4.82. The van der Waals surface area contributed by atoms with Crippen molar-refractivity contribution in [2.75, 3.05) is 0 Å². The number of hydrogen-bond acceptors (Lipinski definition) is 3. The van der Waals surface area contributed by atoms with Crippen molar-refractivity contribution in [2.45, 2.75) is 75.5 Å². The Labute approximate surface area is 120 Å². The minimum Gasteiger partial charge on any atom is -0.362 e. The number of rotatable bonds is 2. The van der Waals surface area contributed by atoms with E-state index >= 15 is 0 Å². The molecular formula is C15H24N2OS. The first kappa shape index (κ1) is 13.5. The molecule has 3 nitrogen and oxygen atoms in total. The highest BCUT2D eigenvalue weighted by atomic mass is 32.2. The van der Waals surface area contributed by atoms with Crippen LogP contribution in [0.4, 0.5) is 0 Å². The van der Waals surface area contributed by atoms with E-state index in [0.717, 1.165) is 5.17 Å². The van der Waals surface area contributed by atoms with Gasteiger partial charge >= 0.3 is 0 Å². The van der Waals surface area contributed by atoms with Gasteiger partial charge in [-0.1, -0.05) is 50.3 Å². The lowest BCUT2D eigenvalue weighted by atomic mass is 9.86. The molecule has 3 rings (SSSR count). The molecule has 106 valence electrons. The molecule has 0 aromatic heterocycles. The lowest BCUT2D eigenvalue weighted by Crippen LogP contribution is -2.34. The van der Waals surface area contributed by atoms with Crippen molar-refractivity contribution in [3.05, 3.63) is 0 Å². The third-order valence-electron chi connectivity index (χ3n) is 4.70. The Balaban J connectivity index is 1.53. The number of amides is 1. The Hall–Kier alpha value is -0.510. The zero-order chi connectivity index (χ0) is 13.1. The highest BCUT2D eigenvalue weighted by Gasteiger charge is 2.36. The van der Waals surface area contributed by atoms with Crippen molar-refractivity contribution >= 4 is 22.8 Å². The Morgan fingerprint density at radius 2 is 1.58 bits per heavy atom. The molecule has 0 spiro atoms. The smallest absolute Gasteiger partial charge is 0.261 e. The zero-order valence-corrected chi connectivity index (χ0v) is 12.4. The number of carbonyl (C=O) groups is 1. The molecule has 2 fully saturated rings. The first-order valence-corrected chi connectivity index (χ1v) is 8.76. The van der Waals surface area contributed by atoms with Gasteiger partial charge in [0.15, 0.2) is 5.17 Å². The Morgan fingerprint density at radius 1 is 0.947 bits per heavy atom. The molecule has 0 aromatic carbocycles. The first-order valence-electron chi connectivity index (χ1n) is 7.88. The SMILES string of the molecule is O=C1N=C(NC2CCCCC2)SC1C1CCCCC1. The molecular weight excluding hydrogens is 256 g/mol. The van der Waals surface area contributed by atoms with Crippen molar-refractivity contribution in [1.82, 2.24) is 5.32 Å². The Kier molecular flexibility index (Phi) is 4.46. The van der Waals surface area contributed by atoms with Crippen molar-refractivity contribution in [3.63, 3.8) is 0 Å². The van der Waals surface area contributed by atoms with Crippen LogP contribution in [0.1, 0.15) is 64.2 Å². The van der Waals surface area contributed by atoms with Gasteiger partial charge in [-0.3, -0.25) is 4.79 Å². The van der Waals surface area contributed by atoms with Crippen LogP contribution in [0, 0.1) is 5.92 Å². The fraction of sp³-hybridized carbons (Fsp3) is 0.867. The average molecular weight is 280 g/mol. The van der Waals surface area contributed by atoms with Crippen LogP contribution < -0.4 is 5.32 Å². The second-order valence-electron chi connectivity index (χ2n) is 6.17. The van der Waals surface area contributed by atoms with Gasteiger partial charge in [0.05, 0.1) is 5.25 Å². The third-order valence-corrected chi connectivity index (χ3v) is 5.98. The van der Waals surface area contributed by atoms with Gasteiger partial charge in [0, 0.05) is 6.04 Å². The van der Waals surface area contributed by atoms with Crippen LogP contribution in [0.15, 0.2) is 4.99 Å². The molecule has 0 aromatic rings. The molecule has 2 saturated carbocycles. The van der Waals surface area contributed by atoms with Crippen LogP contribution in [-0.2, 0) is 4.79 Å². The number of hydrogen-bond donors (Lipinski definition) is 1. The fourth-order valence-electron chi connectivity index (χ4n) is 3.58. The number of amidine groups is 1. The Bertz CT molecular complexity index is 357. The summed E-state index contributed by atoms with van der Waals surface area (Å²) in [6, 6.07) is 0.554. The molecule has 2 aliphatic carbocycles. The summed E-state index contributed by atoms with van der Waals surface area (Å²) in [5.41, 5.74) is 0. The molecule has 1 atom stereocenters. The van der Waals surface area contributed by atoms with E-state index in [2.05, 4.69) is 10.3 Å². The molecule has 1 N–H and O–H groups in total. The van der Waals surface area contributed by atoms with Crippen molar-refractivity contribution in [1.29, 1.82) is 0 Å². The van der Waals surface area contributed by atoms with Crippen molar-refractivity contribution in [2.24, 2.45) is 10.9 Å². The standard InChI is InChI=1S/C15H24N2OS/c18-14-13(11-7-3-1-4-8-11)19-15(17-14)16-12-9-5-2-6-10-12/h11-13H,1-10H2,(H,16,17,18). The molecule has 1 heterocycles. The molecule has 1 amide bonds. The summed E-state index contributed by atoms with van der Waals surface area (Å²) in [6.07, 6.45) is 12.8. The summed E-state index contributed by atoms with van der Waals surface area (Å²) in [5.74, 6) is 0.691. The predicted octanol–water partition coefficient (Wildman–Crippen LogP) is 3.49. The predicted molar refractivity (Wildman–Crippen MR) is 80.4 cm³/mol. The number of nitrogens with zero attached hydrogens (tertiary/aromatic N) is 1. The van der Waals surface area contributed by atoms with Crippen molar-refractivity contribution < 1.29 is 4.79 Å². The van der Waals surface area contributed by atoms with Gasteiger partial charge in [0.2, 0.25) is 0 Å². The van der Waals surface area contributed by atoms with E-state index in [9.17, 15) is 4.79 Å². The highest BCUT2D eigenvalue weighted by molar-refractivity contribution is 8.15. The maximum absolute atomic E-state index is 12.1. The van der Waals surface area contributed by atoms with E-state index < -0.39 is 0 Å². The number of carbonyl (C=O) groups excluding carboxylic acids is 1. The molecule has 0 bridgehead atoms. The summed E-state index contributed by atoms with van der Waals surface area (Å²) in [6.45, 7) is 0. The Morgan fingerprint density at radius 3 is 2.26 bits per heavy atom. The van der Waals surface area contributed by atoms with Crippen LogP contribution >= 0.6 is 11.8 Å². The van der Waals surface area contributed by atoms with Crippen molar-refractivity contribution in [3.8, 4) is 0 Å². The average Bonchev–Trinajstić information content (AvgIpc) is 2.82. The molecule has 1 unspecified atom stereocenters. The van der Waals surface area contributed by atoms with Crippen LogP contribution in [0.2, 0.25) is 0 Å². The van der Waals surface area contributed by atoms with E-state index in [1.54, 1.807) is 11.8 Å². The number of aliphatic imine (C=N–C) groups is 1. The van der Waals surface area contributed by atoms with E-state index in [4.69, 9.17) is 0 Å². The summed E-state index contributed by atoms with van der Waals surface area (Å²) in [5, 5.41) is 4.54. The lowest BCUT2D eigenvalue weighted by Gasteiger charge is -2.26. The van der Waals surface area contributed by atoms with E-state index in [0.29, 0.717) is 12.0 Å². The summed E-state index contributed by atoms with van der Waals surface area (Å²) < 4.78 is 0. The van der Waals surface area contributed by atoms with Gasteiger partial charge < -0.3 is 5.32 Å². The van der Waals surface area contributed by atoms with Gasteiger partial charge in [-0.05, 0) is 31.6 Å². The van der Waals surface area contributed by atoms with Gasteiger partial charge in [-0.15, -0.1) is 0 Å². The molecule has 0 radical (unpaired) electrons. The second-order valence-corrected chi connectivity index (χ2v) is 7.30. The van der Waals surface area contributed by atoms with Gasteiger partial charge in [0.1, 0.15) is 0 Å². The van der Waals surface area contributed by atoms with E-state index in [1.165, 1.54) is 64.2 Å². The van der Waals surface area contributed by atoms with Crippen LogP contribution in [-0.4, -0.2) is 22.4 Å². The van der Waals surface area contributed by atoms with Gasteiger partial charge in [-0.25, -0.2) is 0 Å². The third kappa shape index (κ3) is 3.33.